The highest BCUT2D eigenvalue weighted by Crippen LogP contribution is 2.08. The van der Waals surface area contributed by atoms with Crippen molar-refractivity contribution in [3.05, 3.63) is 29.8 Å². The van der Waals surface area contributed by atoms with E-state index in [4.69, 9.17) is 12.2 Å². The molecule has 0 amide bonds. The van der Waals surface area contributed by atoms with Crippen molar-refractivity contribution in [3.63, 3.8) is 0 Å². The first kappa shape index (κ1) is 15.4. The third-order valence-electron chi connectivity index (χ3n) is 2.52. The van der Waals surface area contributed by atoms with Gasteiger partial charge in [0.15, 0.2) is 5.11 Å². The Bertz CT molecular complexity index is 432. The SMILES string of the molecule is C[NH+](C)CCCNC(=S)Nc1ccc(C(=O)[O-])cc1. The summed E-state index contributed by atoms with van der Waals surface area (Å²) in [6.07, 6.45) is 1.04. The molecule has 0 aliphatic rings. The van der Waals surface area contributed by atoms with Crippen LogP contribution in [0.3, 0.4) is 0 Å². The lowest BCUT2D eigenvalue weighted by Crippen LogP contribution is -3.05. The first-order valence-corrected chi connectivity index (χ1v) is 6.55. The van der Waals surface area contributed by atoms with Crippen LogP contribution < -0.4 is 20.6 Å². The van der Waals surface area contributed by atoms with Crippen LogP contribution in [0.2, 0.25) is 0 Å². The first-order chi connectivity index (χ1) is 8.99. The standard InChI is InChI=1S/C13H19N3O2S/c1-16(2)9-3-8-14-13(19)15-11-6-4-10(5-7-11)12(17)18/h4-7H,3,8-9H2,1-2H3,(H,17,18)(H2,14,15,19). The van der Waals surface area contributed by atoms with E-state index < -0.39 is 5.97 Å². The smallest absolute Gasteiger partial charge is 0.170 e. The Morgan fingerprint density at radius 1 is 1.32 bits per heavy atom. The molecule has 0 atom stereocenters. The number of nitrogens with one attached hydrogen (secondary N) is 3. The summed E-state index contributed by atoms with van der Waals surface area (Å²) >= 11 is 5.14. The van der Waals surface area contributed by atoms with Crippen molar-refractivity contribution in [3.8, 4) is 0 Å². The van der Waals surface area contributed by atoms with E-state index in [9.17, 15) is 9.90 Å². The molecule has 0 fully saturated rings. The second kappa shape index (κ2) is 7.70. The van der Waals surface area contributed by atoms with Gasteiger partial charge in [-0.1, -0.05) is 12.1 Å². The number of hydrogen-bond donors (Lipinski definition) is 3. The molecule has 0 unspecified atom stereocenters. The van der Waals surface area contributed by atoms with Crippen LogP contribution in [0, 0.1) is 0 Å². The number of thiocarbonyl (C=S) groups is 1. The van der Waals surface area contributed by atoms with Crippen LogP contribution in [-0.4, -0.2) is 38.3 Å². The van der Waals surface area contributed by atoms with E-state index in [1.807, 2.05) is 0 Å². The van der Waals surface area contributed by atoms with Gasteiger partial charge in [0.1, 0.15) is 0 Å². The average molecular weight is 281 g/mol. The Balaban J connectivity index is 2.34. The lowest BCUT2D eigenvalue weighted by Gasteiger charge is -2.12. The maximum absolute atomic E-state index is 10.6. The molecule has 5 nitrogen and oxygen atoms in total. The number of carboxylic acids is 1. The Hall–Kier alpha value is -1.66. The lowest BCUT2D eigenvalue weighted by atomic mass is 10.2. The van der Waals surface area contributed by atoms with Gasteiger partial charge in [-0.05, 0) is 29.9 Å². The van der Waals surface area contributed by atoms with Gasteiger partial charge < -0.3 is 25.4 Å². The molecule has 0 saturated carbocycles. The van der Waals surface area contributed by atoms with Crippen LogP contribution in [0.5, 0.6) is 0 Å². The van der Waals surface area contributed by atoms with Crippen LogP contribution in [0.4, 0.5) is 5.69 Å². The average Bonchev–Trinajstić information content (AvgIpc) is 2.35. The normalized spacial score (nSPS) is 10.3. The van der Waals surface area contributed by atoms with E-state index in [0.29, 0.717) is 5.11 Å². The molecule has 6 heteroatoms. The van der Waals surface area contributed by atoms with Gasteiger partial charge in [-0.25, -0.2) is 0 Å². The lowest BCUT2D eigenvalue weighted by molar-refractivity contribution is -0.858. The van der Waals surface area contributed by atoms with Gasteiger partial charge in [0.25, 0.3) is 0 Å². The fourth-order valence-corrected chi connectivity index (χ4v) is 1.73. The summed E-state index contributed by atoms with van der Waals surface area (Å²) in [4.78, 5) is 12.0. The number of benzene rings is 1. The summed E-state index contributed by atoms with van der Waals surface area (Å²) in [5.41, 5.74) is 0.902. The highest BCUT2D eigenvalue weighted by molar-refractivity contribution is 7.80. The molecule has 0 bridgehead atoms. The molecule has 0 saturated heterocycles. The topological polar surface area (TPSA) is 68.6 Å². The van der Waals surface area contributed by atoms with Gasteiger partial charge >= 0.3 is 0 Å². The molecule has 1 rings (SSSR count). The molecule has 0 spiro atoms. The third kappa shape index (κ3) is 6.17. The first-order valence-electron chi connectivity index (χ1n) is 6.14. The molecule has 1 aromatic rings. The number of quaternary nitrogens is 1. The summed E-state index contributed by atoms with van der Waals surface area (Å²) < 4.78 is 0. The van der Waals surface area contributed by atoms with E-state index in [-0.39, 0.29) is 5.56 Å². The van der Waals surface area contributed by atoms with Crippen molar-refractivity contribution in [1.82, 2.24) is 5.32 Å². The van der Waals surface area contributed by atoms with Crippen LogP contribution in [0.25, 0.3) is 0 Å². The number of aromatic carboxylic acids is 1. The quantitative estimate of drug-likeness (QED) is 0.455. The van der Waals surface area contributed by atoms with E-state index in [0.717, 1.165) is 25.2 Å². The van der Waals surface area contributed by atoms with E-state index in [2.05, 4.69) is 24.7 Å². The zero-order valence-corrected chi connectivity index (χ0v) is 12.0. The maximum atomic E-state index is 10.6. The Labute approximate surface area is 118 Å². The van der Waals surface area contributed by atoms with Gasteiger partial charge in [0.2, 0.25) is 0 Å². The van der Waals surface area contributed by atoms with Crippen molar-refractivity contribution in [2.75, 3.05) is 32.5 Å². The summed E-state index contributed by atoms with van der Waals surface area (Å²) in [6.45, 7) is 1.89. The number of hydrogen-bond acceptors (Lipinski definition) is 3. The molecule has 19 heavy (non-hydrogen) atoms. The highest BCUT2D eigenvalue weighted by atomic mass is 32.1. The van der Waals surface area contributed by atoms with Gasteiger partial charge in [0.05, 0.1) is 26.6 Å². The molecule has 0 aromatic heterocycles. The molecule has 3 N–H and O–H groups in total. The Morgan fingerprint density at radius 3 is 2.47 bits per heavy atom. The minimum absolute atomic E-state index is 0.151. The fourth-order valence-electron chi connectivity index (χ4n) is 1.51. The van der Waals surface area contributed by atoms with Crippen molar-refractivity contribution < 1.29 is 14.8 Å². The molecular formula is C13H19N3O2S. The molecular weight excluding hydrogens is 262 g/mol. The number of rotatable bonds is 6. The minimum Gasteiger partial charge on any atom is -0.545 e. The summed E-state index contributed by atoms with van der Waals surface area (Å²) in [5, 5.41) is 17.2. The van der Waals surface area contributed by atoms with Crippen molar-refractivity contribution in [2.24, 2.45) is 0 Å². The van der Waals surface area contributed by atoms with Crippen LogP contribution in [0.1, 0.15) is 16.8 Å². The van der Waals surface area contributed by atoms with Crippen molar-refractivity contribution in [1.29, 1.82) is 0 Å². The second-order valence-electron chi connectivity index (χ2n) is 4.56. The molecule has 0 aliphatic heterocycles. The van der Waals surface area contributed by atoms with E-state index in [1.54, 1.807) is 12.1 Å². The maximum Gasteiger partial charge on any atom is 0.170 e. The predicted molar refractivity (Wildman–Crippen MR) is 77.3 cm³/mol. The number of carboxylic acid groups (broad SMARTS) is 1. The number of carbonyl (C=O) groups excluding carboxylic acids is 1. The van der Waals surface area contributed by atoms with Gasteiger partial charge in [-0.3, -0.25) is 0 Å². The van der Waals surface area contributed by atoms with Crippen LogP contribution >= 0.6 is 12.2 Å². The van der Waals surface area contributed by atoms with Gasteiger partial charge in [0, 0.05) is 18.7 Å². The second-order valence-corrected chi connectivity index (χ2v) is 4.96. The molecule has 1 aromatic carbocycles. The number of anilines is 1. The molecule has 0 radical (unpaired) electrons. The summed E-state index contributed by atoms with van der Waals surface area (Å²) in [5.74, 6) is -1.18. The van der Waals surface area contributed by atoms with Crippen molar-refractivity contribution >= 4 is 29.0 Å². The zero-order valence-electron chi connectivity index (χ0n) is 11.2. The van der Waals surface area contributed by atoms with Gasteiger partial charge in [-0.2, -0.15) is 0 Å². The largest absolute Gasteiger partial charge is 0.545 e. The highest BCUT2D eigenvalue weighted by Gasteiger charge is 1.99. The van der Waals surface area contributed by atoms with Gasteiger partial charge in [-0.15, -0.1) is 0 Å². The summed E-state index contributed by atoms with van der Waals surface area (Å²) in [6, 6.07) is 6.28. The Morgan fingerprint density at radius 2 is 1.95 bits per heavy atom. The Kier molecular flexibility index (Phi) is 6.24. The van der Waals surface area contributed by atoms with Crippen LogP contribution in [-0.2, 0) is 0 Å². The molecule has 0 heterocycles. The monoisotopic (exact) mass is 281 g/mol. The van der Waals surface area contributed by atoms with E-state index in [1.165, 1.54) is 17.0 Å². The summed E-state index contributed by atoms with van der Waals surface area (Å²) in [7, 11) is 4.21. The number of carbonyl (C=O) groups is 1. The fraction of sp³-hybridized carbons (Fsp3) is 0.385. The molecule has 0 aliphatic carbocycles. The van der Waals surface area contributed by atoms with Crippen LogP contribution in [0.15, 0.2) is 24.3 Å². The van der Waals surface area contributed by atoms with Crippen molar-refractivity contribution in [2.45, 2.75) is 6.42 Å². The predicted octanol–water partition coefficient (Wildman–Crippen LogP) is -1.13. The molecule has 104 valence electrons. The zero-order chi connectivity index (χ0) is 14.3. The van der Waals surface area contributed by atoms with E-state index >= 15 is 0 Å². The third-order valence-corrected chi connectivity index (χ3v) is 2.76. The minimum atomic E-state index is -1.18.